The molecule has 3 rings (SSSR count). The monoisotopic (exact) mass is 433 g/mol. The third-order valence-electron chi connectivity index (χ3n) is 3.65. The molecule has 1 aromatic heterocycles. The first-order valence-electron chi connectivity index (χ1n) is 8.32. The lowest BCUT2D eigenvalue weighted by Gasteiger charge is -2.12. The fraction of sp³-hybridized carbons (Fsp3) is 0.158. The second-order valence-electron chi connectivity index (χ2n) is 6.11. The minimum atomic E-state index is -3.44. The first-order valence-corrected chi connectivity index (χ1v) is 12.1. The quantitative estimate of drug-likeness (QED) is 0.540. The number of thiazole rings is 1. The Kier molecular flexibility index (Phi) is 6.38. The number of hydrogen-bond acceptors (Lipinski definition) is 6. The highest BCUT2D eigenvalue weighted by Crippen LogP contribution is 2.26. The molecule has 2 N–H and O–H groups in total. The number of rotatable bonds is 7. The van der Waals surface area contributed by atoms with Crippen molar-refractivity contribution in [3.63, 3.8) is 0 Å². The Hall–Kier alpha value is -2.36. The van der Waals surface area contributed by atoms with Crippen LogP contribution in [0.25, 0.3) is 0 Å². The summed E-state index contributed by atoms with van der Waals surface area (Å²) >= 11 is 3.28. The molecule has 146 valence electrons. The molecule has 0 unspecified atom stereocenters. The van der Waals surface area contributed by atoms with E-state index in [0.717, 1.165) is 27.6 Å². The molecule has 9 heteroatoms. The molecule has 0 saturated carbocycles. The van der Waals surface area contributed by atoms with E-state index in [0.29, 0.717) is 16.9 Å². The Morgan fingerprint density at radius 2 is 1.79 bits per heavy atom. The Morgan fingerprint density at radius 3 is 2.39 bits per heavy atom. The number of nitrogens with one attached hydrogen (secondary N) is 2. The van der Waals surface area contributed by atoms with Crippen molar-refractivity contribution in [2.45, 2.75) is 17.0 Å². The highest BCUT2D eigenvalue weighted by atomic mass is 32.2. The Morgan fingerprint density at radius 1 is 1.11 bits per heavy atom. The van der Waals surface area contributed by atoms with Gasteiger partial charge in [0.15, 0.2) is 0 Å². The molecule has 0 spiro atoms. The third-order valence-corrected chi connectivity index (χ3v) is 6.45. The van der Waals surface area contributed by atoms with Gasteiger partial charge in [0.05, 0.1) is 17.6 Å². The molecule has 0 atom stereocenters. The van der Waals surface area contributed by atoms with Gasteiger partial charge in [-0.1, -0.05) is 36.0 Å². The van der Waals surface area contributed by atoms with Crippen LogP contribution in [0.5, 0.6) is 0 Å². The van der Waals surface area contributed by atoms with E-state index in [4.69, 9.17) is 0 Å². The van der Waals surface area contributed by atoms with Gasteiger partial charge in [-0.05, 0) is 36.8 Å². The average molecular weight is 434 g/mol. The average Bonchev–Trinajstić information content (AvgIpc) is 3.06. The molecule has 0 aliphatic carbocycles. The molecule has 6 nitrogen and oxygen atoms in total. The summed E-state index contributed by atoms with van der Waals surface area (Å²) in [6, 6.07) is 14.0. The minimum Gasteiger partial charge on any atom is -0.320 e. The van der Waals surface area contributed by atoms with E-state index in [9.17, 15) is 13.2 Å². The number of carbonyl (C=O) groups excluding carboxylic acids is 1. The summed E-state index contributed by atoms with van der Waals surface area (Å²) in [7, 11) is -3.44. The molecular weight excluding hydrogens is 414 g/mol. The van der Waals surface area contributed by atoms with E-state index in [1.54, 1.807) is 59.5 Å². The number of hydrogen-bond donors (Lipinski definition) is 2. The molecule has 2 aromatic carbocycles. The van der Waals surface area contributed by atoms with Crippen molar-refractivity contribution in [2.75, 3.05) is 16.3 Å². The van der Waals surface area contributed by atoms with Crippen LogP contribution in [0, 0.1) is 6.92 Å². The maximum Gasteiger partial charge on any atom is 0.255 e. The Balaban J connectivity index is 1.65. The topological polar surface area (TPSA) is 88.2 Å². The zero-order valence-electron chi connectivity index (χ0n) is 15.3. The van der Waals surface area contributed by atoms with E-state index in [1.165, 1.54) is 0 Å². The smallest absolute Gasteiger partial charge is 0.255 e. The van der Waals surface area contributed by atoms with E-state index in [1.807, 2.05) is 24.4 Å². The van der Waals surface area contributed by atoms with Crippen molar-refractivity contribution in [1.29, 1.82) is 0 Å². The number of aromatic nitrogens is 1. The second-order valence-corrected chi connectivity index (χ2v) is 9.94. The van der Waals surface area contributed by atoms with Gasteiger partial charge in [0, 0.05) is 22.4 Å². The highest BCUT2D eigenvalue weighted by molar-refractivity contribution is 8.00. The van der Waals surface area contributed by atoms with Crippen LogP contribution in [0.15, 0.2) is 58.3 Å². The number of carbonyl (C=O) groups is 1. The van der Waals surface area contributed by atoms with Crippen LogP contribution in [0.2, 0.25) is 0 Å². The second kappa shape index (κ2) is 8.76. The molecule has 1 heterocycles. The van der Waals surface area contributed by atoms with Crippen molar-refractivity contribution < 1.29 is 13.2 Å². The third kappa shape index (κ3) is 5.82. The van der Waals surface area contributed by atoms with Crippen molar-refractivity contribution in [3.05, 3.63) is 70.7 Å². The van der Waals surface area contributed by atoms with E-state index >= 15 is 0 Å². The number of nitrogens with zero attached hydrogens (tertiary/aromatic N) is 1. The minimum absolute atomic E-state index is 0.308. The lowest BCUT2D eigenvalue weighted by molar-refractivity contribution is 0.102. The molecule has 0 bridgehead atoms. The number of sulfonamides is 1. The number of amides is 1. The number of anilines is 2. The zero-order valence-corrected chi connectivity index (χ0v) is 17.7. The van der Waals surface area contributed by atoms with Crippen molar-refractivity contribution >= 4 is 50.4 Å². The van der Waals surface area contributed by atoms with Gasteiger partial charge < -0.3 is 5.32 Å². The summed E-state index contributed by atoms with van der Waals surface area (Å²) in [6.45, 7) is 1.97. The summed E-state index contributed by atoms with van der Waals surface area (Å²) in [5, 5.41) is 4.77. The van der Waals surface area contributed by atoms with Gasteiger partial charge in [-0.15, -0.1) is 11.3 Å². The van der Waals surface area contributed by atoms with Gasteiger partial charge in [0.25, 0.3) is 5.91 Å². The molecule has 0 fully saturated rings. The van der Waals surface area contributed by atoms with Crippen LogP contribution in [-0.4, -0.2) is 25.6 Å². The van der Waals surface area contributed by atoms with Crippen LogP contribution >= 0.6 is 23.1 Å². The molecular formula is C19H19N3O3S3. The predicted molar refractivity (Wildman–Crippen MR) is 116 cm³/mol. The van der Waals surface area contributed by atoms with Gasteiger partial charge in [-0.2, -0.15) is 0 Å². The molecule has 3 aromatic rings. The van der Waals surface area contributed by atoms with Gasteiger partial charge in [0.1, 0.15) is 4.34 Å². The van der Waals surface area contributed by atoms with Gasteiger partial charge in [0.2, 0.25) is 10.0 Å². The standard InChI is InChI=1S/C19H19N3O3S3/c1-13-11-26-19(20-13)27-12-14-7-9-15(10-8-14)18(23)21-16-5-3-4-6-17(16)22-28(2,24)25/h3-11,22H,12H2,1-2H3,(H,21,23). The lowest BCUT2D eigenvalue weighted by Crippen LogP contribution is -2.16. The SMILES string of the molecule is Cc1csc(SCc2ccc(C(=O)Nc3ccccc3NS(C)(=O)=O)cc2)n1. The number of benzene rings is 2. The molecule has 0 radical (unpaired) electrons. The Labute approximate surface area is 172 Å². The van der Waals surface area contributed by atoms with Gasteiger partial charge in [-0.3, -0.25) is 9.52 Å². The van der Waals surface area contributed by atoms with E-state index in [2.05, 4.69) is 15.0 Å². The Bertz CT molecular complexity index is 1080. The summed E-state index contributed by atoms with van der Waals surface area (Å²) in [5.74, 6) is 0.466. The maximum atomic E-state index is 12.5. The van der Waals surface area contributed by atoms with Crippen LogP contribution < -0.4 is 10.0 Å². The summed E-state index contributed by atoms with van der Waals surface area (Å²) < 4.78 is 26.4. The van der Waals surface area contributed by atoms with Crippen molar-refractivity contribution in [3.8, 4) is 0 Å². The van der Waals surface area contributed by atoms with Crippen LogP contribution in [-0.2, 0) is 15.8 Å². The fourth-order valence-electron chi connectivity index (χ4n) is 2.37. The maximum absolute atomic E-state index is 12.5. The van der Waals surface area contributed by atoms with E-state index in [-0.39, 0.29) is 5.91 Å². The molecule has 0 aliphatic heterocycles. The summed E-state index contributed by atoms with van der Waals surface area (Å²) in [5.41, 5.74) is 3.33. The zero-order chi connectivity index (χ0) is 20.1. The first-order chi connectivity index (χ1) is 13.3. The van der Waals surface area contributed by atoms with Gasteiger partial charge in [-0.25, -0.2) is 13.4 Å². The molecule has 0 saturated heterocycles. The first kappa shape index (κ1) is 20.4. The molecule has 0 aliphatic rings. The van der Waals surface area contributed by atoms with Crippen LogP contribution in [0.3, 0.4) is 0 Å². The lowest BCUT2D eigenvalue weighted by atomic mass is 10.1. The van der Waals surface area contributed by atoms with Crippen LogP contribution in [0.1, 0.15) is 21.6 Å². The van der Waals surface area contributed by atoms with Crippen molar-refractivity contribution in [2.24, 2.45) is 0 Å². The van der Waals surface area contributed by atoms with Gasteiger partial charge >= 0.3 is 0 Å². The fourth-order valence-corrected chi connectivity index (χ4v) is 4.75. The normalized spacial score (nSPS) is 11.2. The van der Waals surface area contributed by atoms with Crippen LogP contribution in [0.4, 0.5) is 11.4 Å². The molecule has 28 heavy (non-hydrogen) atoms. The number of para-hydroxylation sites is 2. The number of aryl methyl sites for hydroxylation is 1. The molecule has 1 amide bonds. The van der Waals surface area contributed by atoms with E-state index < -0.39 is 10.0 Å². The largest absolute Gasteiger partial charge is 0.320 e. The summed E-state index contributed by atoms with van der Waals surface area (Å²) in [6.07, 6.45) is 1.06. The number of thioether (sulfide) groups is 1. The summed E-state index contributed by atoms with van der Waals surface area (Å²) in [4.78, 5) is 16.9. The highest BCUT2D eigenvalue weighted by Gasteiger charge is 2.11. The predicted octanol–water partition coefficient (Wildman–Crippen LogP) is 4.37. The van der Waals surface area contributed by atoms with Crippen molar-refractivity contribution in [1.82, 2.24) is 4.98 Å².